The molecule has 1 aromatic carbocycles. The summed E-state index contributed by atoms with van der Waals surface area (Å²) in [5.41, 5.74) is 2.57. The van der Waals surface area contributed by atoms with E-state index >= 15 is 0 Å². The first-order chi connectivity index (χ1) is 12.8. The summed E-state index contributed by atoms with van der Waals surface area (Å²) < 4.78 is 5.48. The van der Waals surface area contributed by atoms with Crippen molar-refractivity contribution in [2.24, 2.45) is 4.99 Å². The highest BCUT2D eigenvalue weighted by molar-refractivity contribution is 5.83. The molecule has 0 saturated carbocycles. The van der Waals surface area contributed by atoms with Crippen LogP contribution in [0.2, 0.25) is 0 Å². The van der Waals surface area contributed by atoms with Crippen molar-refractivity contribution in [1.29, 1.82) is 0 Å². The first-order valence-corrected chi connectivity index (χ1v) is 9.67. The molecule has 2 saturated heterocycles. The Morgan fingerprint density at radius 3 is 2.96 bits per heavy atom. The van der Waals surface area contributed by atoms with E-state index in [0.29, 0.717) is 6.04 Å². The highest BCUT2D eigenvalue weighted by atomic mass is 16.5. The first-order valence-electron chi connectivity index (χ1n) is 9.67. The van der Waals surface area contributed by atoms with Crippen LogP contribution in [0.3, 0.4) is 0 Å². The molecule has 1 aromatic heterocycles. The Morgan fingerprint density at radius 2 is 2.12 bits per heavy atom. The molecule has 2 aromatic rings. The smallest absolute Gasteiger partial charge is 0.193 e. The van der Waals surface area contributed by atoms with Crippen LogP contribution < -0.4 is 5.32 Å². The molecule has 0 aliphatic carbocycles. The number of hydrogen-bond acceptors (Lipinski definition) is 3. The van der Waals surface area contributed by atoms with E-state index in [1.807, 2.05) is 7.05 Å². The second-order valence-electron chi connectivity index (χ2n) is 7.12. The maximum Gasteiger partial charge on any atom is 0.193 e. The van der Waals surface area contributed by atoms with Crippen LogP contribution in [0.4, 0.5) is 0 Å². The van der Waals surface area contributed by atoms with Gasteiger partial charge in [-0.3, -0.25) is 9.89 Å². The quantitative estimate of drug-likeness (QED) is 0.647. The number of hydrogen-bond donors (Lipinski definition) is 2. The van der Waals surface area contributed by atoms with Crippen molar-refractivity contribution in [1.82, 2.24) is 20.1 Å². The van der Waals surface area contributed by atoms with Crippen LogP contribution in [-0.4, -0.2) is 79.8 Å². The zero-order chi connectivity index (χ0) is 17.8. The van der Waals surface area contributed by atoms with E-state index in [9.17, 15) is 0 Å². The van der Waals surface area contributed by atoms with Crippen molar-refractivity contribution in [3.63, 3.8) is 0 Å². The summed E-state index contributed by atoms with van der Waals surface area (Å²) in [5.74, 6) is 1.03. The largest absolute Gasteiger partial charge is 0.379 e. The van der Waals surface area contributed by atoms with E-state index in [0.717, 1.165) is 58.3 Å². The molecule has 0 amide bonds. The van der Waals surface area contributed by atoms with Gasteiger partial charge in [0, 0.05) is 62.9 Å². The number of aliphatic imine (C=N–C) groups is 1. The molecule has 26 heavy (non-hydrogen) atoms. The van der Waals surface area contributed by atoms with Gasteiger partial charge in [0.1, 0.15) is 0 Å². The van der Waals surface area contributed by atoms with Crippen LogP contribution in [0.25, 0.3) is 10.9 Å². The van der Waals surface area contributed by atoms with Gasteiger partial charge in [-0.1, -0.05) is 18.2 Å². The lowest BCUT2D eigenvalue weighted by molar-refractivity contribution is 0.0195. The summed E-state index contributed by atoms with van der Waals surface area (Å²) in [7, 11) is 1.89. The van der Waals surface area contributed by atoms with Crippen LogP contribution in [0.5, 0.6) is 0 Å². The Morgan fingerprint density at radius 1 is 1.27 bits per heavy atom. The fourth-order valence-electron chi connectivity index (χ4n) is 4.15. The maximum absolute atomic E-state index is 5.48. The highest BCUT2D eigenvalue weighted by Crippen LogP contribution is 2.19. The number of nitrogens with zero attached hydrogens (tertiary/aromatic N) is 3. The van der Waals surface area contributed by atoms with Crippen molar-refractivity contribution in [3.05, 3.63) is 36.0 Å². The molecule has 6 nitrogen and oxygen atoms in total. The van der Waals surface area contributed by atoms with E-state index in [1.165, 1.54) is 22.9 Å². The van der Waals surface area contributed by atoms with Crippen molar-refractivity contribution in [3.8, 4) is 0 Å². The first kappa shape index (κ1) is 17.4. The van der Waals surface area contributed by atoms with E-state index < -0.39 is 0 Å². The fraction of sp³-hybridized carbons (Fsp3) is 0.550. The van der Waals surface area contributed by atoms with Gasteiger partial charge >= 0.3 is 0 Å². The molecule has 1 unspecified atom stereocenters. The summed E-state index contributed by atoms with van der Waals surface area (Å²) in [6, 6.07) is 9.11. The lowest BCUT2D eigenvalue weighted by Gasteiger charge is -2.32. The van der Waals surface area contributed by atoms with Gasteiger partial charge < -0.3 is 19.9 Å². The molecular weight excluding hydrogens is 326 g/mol. The van der Waals surface area contributed by atoms with Crippen LogP contribution in [0.1, 0.15) is 12.0 Å². The van der Waals surface area contributed by atoms with Crippen molar-refractivity contribution >= 4 is 16.9 Å². The molecule has 4 rings (SSSR count). The summed E-state index contributed by atoms with van der Waals surface area (Å²) in [5, 5.41) is 4.87. The SMILES string of the molecule is CN=C(NCCc1c[nH]c2ccccc12)N1CCC(N2CCOCC2)C1. The molecule has 6 heteroatoms. The van der Waals surface area contributed by atoms with Crippen molar-refractivity contribution < 1.29 is 4.74 Å². The lowest BCUT2D eigenvalue weighted by atomic mass is 10.1. The Labute approximate surface area is 155 Å². The second-order valence-corrected chi connectivity index (χ2v) is 7.12. The predicted molar refractivity (Wildman–Crippen MR) is 106 cm³/mol. The average Bonchev–Trinajstić information content (AvgIpc) is 3.34. The number of aromatic nitrogens is 1. The normalized spacial score (nSPS) is 22.3. The van der Waals surface area contributed by atoms with E-state index in [4.69, 9.17) is 4.74 Å². The summed E-state index contributed by atoms with van der Waals surface area (Å²) in [6.07, 6.45) is 4.33. The van der Waals surface area contributed by atoms with Crippen molar-refractivity contribution in [2.75, 3.05) is 53.0 Å². The van der Waals surface area contributed by atoms with Crippen LogP contribution in [-0.2, 0) is 11.2 Å². The molecule has 0 bridgehead atoms. The minimum absolute atomic E-state index is 0.631. The molecule has 0 radical (unpaired) electrons. The van der Waals surface area contributed by atoms with Gasteiger partial charge in [-0.05, 0) is 24.5 Å². The molecule has 1 atom stereocenters. The zero-order valence-electron chi connectivity index (χ0n) is 15.6. The number of para-hydroxylation sites is 1. The molecule has 2 aliphatic rings. The number of guanidine groups is 1. The van der Waals surface area contributed by atoms with Gasteiger partial charge in [0.2, 0.25) is 0 Å². The molecule has 140 valence electrons. The molecule has 2 aliphatic heterocycles. The summed E-state index contributed by atoms with van der Waals surface area (Å²) >= 11 is 0. The summed E-state index contributed by atoms with van der Waals surface area (Å²) in [4.78, 5) is 12.8. The monoisotopic (exact) mass is 355 g/mol. The number of H-pyrrole nitrogens is 1. The van der Waals surface area contributed by atoms with Gasteiger partial charge in [0.15, 0.2) is 5.96 Å². The van der Waals surface area contributed by atoms with Gasteiger partial charge in [0.05, 0.1) is 13.2 Å². The van der Waals surface area contributed by atoms with E-state index in [1.54, 1.807) is 0 Å². The van der Waals surface area contributed by atoms with E-state index in [2.05, 4.69) is 55.6 Å². The number of morpholine rings is 1. The third-order valence-electron chi connectivity index (χ3n) is 5.59. The average molecular weight is 355 g/mol. The summed E-state index contributed by atoms with van der Waals surface area (Å²) in [6.45, 7) is 6.90. The van der Waals surface area contributed by atoms with E-state index in [-0.39, 0.29) is 0 Å². The Bertz CT molecular complexity index is 749. The van der Waals surface area contributed by atoms with Crippen LogP contribution in [0, 0.1) is 0 Å². The van der Waals surface area contributed by atoms with Crippen LogP contribution >= 0.6 is 0 Å². The molecule has 3 heterocycles. The predicted octanol–water partition coefficient (Wildman–Crippen LogP) is 1.69. The number of likely N-dealkylation sites (tertiary alicyclic amines) is 1. The zero-order valence-corrected chi connectivity index (χ0v) is 15.6. The van der Waals surface area contributed by atoms with Crippen molar-refractivity contribution in [2.45, 2.75) is 18.9 Å². The molecule has 2 fully saturated rings. The van der Waals surface area contributed by atoms with Gasteiger partial charge in [0.25, 0.3) is 0 Å². The second kappa shape index (κ2) is 8.10. The Kier molecular flexibility index (Phi) is 5.41. The topological polar surface area (TPSA) is 55.9 Å². The minimum Gasteiger partial charge on any atom is -0.379 e. The lowest BCUT2D eigenvalue weighted by Crippen LogP contribution is -2.46. The molecule has 2 N–H and O–H groups in total. The number of rotatable bonds is 4. The van der Waals surface area contributed by atoms with Gasteiger partial charge in [-0.25, -0.2) is 0 Å². The van der Waals surface area contributed by atoms with Crippen LogP contribution in [0.15, 0.2) is 35.5 Å². The number of nitrogens with one attached hydrogen (secondary N) is 2. The Hall–Kier alpha value is -2.05. The molecule has 0 spiro atoms. The third kappa shape index (κ3) is 3.71. The number of fused-ring (bicyclic) bond motifs is 1. The fourth-order valence-corrected chi connectivity index (χ4v) is 4.15. The molecular formula is C20H29N5O. The van der Waals surface area contributed by atoms with Gasteiger partial charge in [-0.2, -0.15) is 0 Å². The highest BCUT2D eigenvalue weighted by Gasteiger charge is 2.30. The third-order valence-corrected chi connectivity index (χ3v) is 5.59. The number of ether oxygens (including phenoxy) is 1. The standard InChI is InChI=1S/C20H29N5O/c1-21-20(25-9-7-17(15-25)24-10-12-26-13-11-24)22-8-6-16-14-23-19-5-3-2-4-18(16)19/h2-5,14,17,23H,6-13,15H2,1H3,(H,21,22). The number of benzene rings is 1. The maximum atomic E-state index is 5.48. The van der Waals surface area contributed by atoms with Gasteiger partial charge in [-0.15, -0.1) is 0 Å². The Balaban J connectivity index is 1.29. The number of aromatic amines is 1. The minimum atomic E-state index is 0.631.